The maximum Gasteiger partial charge on any atom is 0.327 e. The fourth-order valence-electron chi connectivity index (χ4n) is 1.86. The first-order chi connectivity index (χ1) is 9.47. The van der Waals surface area contributed by atoms with E-state index in [4.69, 9.17) is 5.11 Å². The lowest BCUT2D eigenvalue weighted by Gasteiger charge is -2.35. The summed E-state index contributed by atoms with van der Waals surface area (Å²) in [6.45, 7) is 2.84. The van der Waals surface area contributed by atoms with E-state index in [2.05, 4.69) is 5.32 Å². The fraction of sp³-hybridized carbons (Fsp3) is 0.750. The van der Waals surface area contributed by atoms with E-state index in [0.717, 1.165) is 6.42 Å². The van der Waals surface area contributed by atoms with Gasteiger partial charge in [-0.2, -0.15) is 11.8 Å². The highest BCUT2D eigenvalue weighted by Gasteiger charge is 2.34. The standard InChI is InChI=1S/C12H21N3O4S/c1-3-4-13-10(16)7-14(2)12(19)15-5-6-20-8-9(15)11(17)18/h9H,3-8H2,1-2H3,(H,13,16)(H,17,18). The first kappa shape index (κ1) is 16.6. The van der Waals surface area contributed by atoms with E-state index in [1.807, 2.05) is 6.92 Å². The smallest absolute Gasteiger partial charge is 0.327 e. The monoisotopic (exact) mass is 303 g/mol. The van der Waals surface area contributed by atoms with Crippen molar-refractivity contribution in [1.82, 2.24) is 15.1 Å². The minimum atomic E-state index is -1.01. The Morgan fingerprint density at radius 2 is 2.15 bits per heavy atom. The van der Waals surface area contributed by atoms with Crippen LogP contribution < -0.4 is 5.32 Å². The molecule has 3 amide bonds. The van der Waals surface area contributed by atoms with Gasteiger partial charge in [0.05, 0.1) is 0 Å². The zero-order valence-corrected chi connectivity index (χ0v) is 12.6. The molecule has 0 radical (unpaired) electrons. The number of carboxylic acids is 1. The van der Waals surface area contributed by atoms with Crippen molar-refractivity contribution in [2.75, 3.05) is 38.2 Å². The van der Waals surface area contributed by atoms with Gasteiger partial charge in [0.25, 0.3) is 0 Å². The molecule has 0 aromatic heterocycles. The van der Waals surface area contributed by atoms with Crippen LogP contribution in [0.4, 0.5) is 4.79 Å². The molecule has 2 N–H and O–H groups in total. The highest BCUT2D eigenvalue weighted by atomic mass is 32.2. The third-order valence-electron chi connectivity index (χ3n) is 2.94. The summed E-state index contributed by atoms with van der Waals surface area (Å²) in [5.74, 6) is -0.141. The Morgan fingerprint density at radius 3 is 2.75 bits per heavy atom. The Kier molecular flexibility index (Phi) is 6.63. The molecule has 7 nitrogen and oxygen atoms in total. The SMILES string of the molecule is CCCNC(=O)CN(C)C(=O)N1CCSCC1C(=O)O. The van der Waals surface area contributed by atoms with Gasteiger partial charge in [-0.25, -0.2) is 9.59 Å². The molecule has 0 aromatic rings. The van der Waals surface area contributed by atoms with Crippen molar-refractivity contribution in [3.8, 4) is 0 Å². The van der Waals surface area contributed by atoms with Crippen LogP contribution in [0.1, 0.15) is 13.3 Å². The molecule has 1 fully saturated rings. The lowest BCUT2D eigenvalue weighted by Crippen LogP contribution is -2.55. The number of carbonyl (C=O) groups excluding carboxylic acids is 2. The number of carbonyl (C=O) groups is 3. The van der Waals surface area contributed by atoms with Gasteiger partial charge in [-0.05, 0) is 6.42 Å². The van der Waals surface area contributed by atoms with Gasteiger partial charge in [-0.3, -0.25) is 4.79 Å². The molecule has 0 aliphatic carbocycles. The Labute approximate surface area is 122 Å². The van der Waals surface area contributed by atoms with Crippen molar-refractivity contribution < 1.29 is 19.5 Å². The molecule has 0 spiro atoms. The highest BCUT2D eigenvalue weighted by molar-refractivity contribution is 7.99. The minimum Gasteiger partial charge on any atom is -0.480 e. The van der Waals surface area contributed by atoms with Gasteiger partial charge in [-0.1, -0.05) is 6.92 Å². The van der Waals surface area contributed by atoms with Crippen LogP contribution in [0, 0.1) is 0 Å². The molecule has 114 valence electrons. The van der Waals surface area contributed by atoms with Gasteiger partial charge in [0.15, 0.2) is 0 Å². The van der Waals surface area contributed by atoms with Crippen LogP contribution in [-0.2, 0) is 9.59 Å². The molecule has 1 heterocycles. The number of nitrogens with one attached hydrogen (secondary N) is 1. The van der Waals surface area contributed by atoms with E-state index in [0.29, 0.717) is 24.6 Å². The Morgan fingerprint density at radius 1 is 1.45 bits per heavy atom. The molecule has 1 atom stereocenters. The molecular formula is C12H21N3O4S. The molecule has 1 unspecified atom stereocenters. The van der Waals surface area contributed by atoms with Crippen LogP contribution in [0.15, 0.2) is 0 Å². The maximum absolute atomic E-state index is 12.2. The summed E-state index contributed by atoms with van der Waals surface area (Å²) in [6.07, 6.45) is 0.827. The minimum absolute atomic E-state index is 0.0607. The number of aliphatic carboxylic acids is 1. The van der Waals surface area contributed by atoms with Gasteiger partial charge < -0.3 is 20.2 Å². The van der Waals surface area contributed by atoms with E-state index in [1.54, 1.807) is 0 Å². The second-order valence-corrected chi connectivity index (χ2v) is 5.76. The Hall–Kier alpha value is -1.44. The average Bonchev–Trinajstić information content (AvgIpc) is 2.44. The number of carboxylic acid groups (broad SMARTS) is 1. The maximum atomic E-state index is 12.2. The molecule has 1 rings (SSSR count). The van der Waals surface area contributed by atoms with Crippen LogP contribution in [0.3, 0.4) is 0 Å². The van der Waals surface area contributed by atoms with Crippen LogP contribution in [-0.4, -0.2) is 77.0 Å². The molecular weight excluding hydrogens is 282 g/mol. The van der Waals surface area contributed by atoms with Crippen molar-refractivity contribution in [3.05, 3.63) is 0 Å². The topological polar surface area (TPSA) is 90.0 Å². The number of hydrogen-bond donors (Lipinski definition) is 2. The number of hydrogen-bond acceptors (Lipinski definition) is 4. The number of rotatable bonds is 5. The quantitative estimate of drug-likeness (QED) is 0.750. The molecule has 20 heavy (non-hydrogen) atoms. The lowest BCUT2D eigenvalue weighted by molar-refractivity contribution is -0.141. The number of thioether (sulfide) groups is 1. The summed E-state index contributed by atoms with van der Waals surface area (Å²) in [6, 6.07) is -1.23. The summed E-state index contributed by atoms with van der Waals surface area (Å²) in [7, 11) is 1.51. The predicted octanol–water partition coefficient (Wildman–Crippen LogP) is 0.0664. The molecule has 1 aliphatic heterocycles. The summed E-state index contributed by atoms with van der Waals surface area (Å²) >= 11 is 1.52. The molecule has 1 saturated heterocycles. The number of nitrogens with zero attached hydrogens (tertiary/aromatic N) is 2. The van der Waals surface area contributed by atoms with Crippen LogP contribution in [0.25, 0.3) is 0 Å². The van der Waals surface area contributed by atoms with Gasteiger partial charge in [0.1, 0.15) is 12.6 Å². The summed E-state index contributed by atoms with van der Waals surface area (Å²) in [4.78, 5) is 37.5. The van der Waals surface area contributed by atoms with E-state index in [1.165, 1.54) is 28.6 Å². The Balaban J connectivity index is 2.57. The van der Waals surface area contributed by atoms with Crippen LogP contribution >= 0.6 is 11.8 Å². The van der Waals surface area contributed by atoms with Crippen molar-refractivity contribution in [1.29, 1.82) is 0 Å². The second-order valence-electron chi connectivity index (χ2n) is 4.61. The fourth-order valence-corrected chi connectivity index (χ4v) is 2.90. The average molecular weight is 303 g/mol. The van der Waals surface area contributed by atoms with Crippen molar-refractivity contribution >= 4 is 29.7 Å². The number of urea groups is 1. The molecule has 0 aromatic carbocycles. The Bertz CT molecular complexity index is 378. The van der Waals surface area contributed by atoms with E-state index >= 15 is 0 Å². The molecule has 0 saturated carbocycles. The zero-order chi connectivity index (χ0) is 15.1. The van der Waals surface area contributed by atoms with E-state index in [-0.39, 0.29) is 12.5 Å². The van der Waals surface area contributed by atoms with Gasteiger partial charge in [0, 0.05) is 31.6 Å². The summed E-state index contributed by atoms with van der Waals surface area (Å²) in [5, 5.41) is 11.8. The summed E-state index contributed by atoms with van der Waals surface area (Å²) < 4.78 is 0. The normalized spacial score (nSPS) is 18.5. The largest absolute Gasteiger partial charge is 0.480 e. The molecule has 0 bridgehead atoms. The third kappa shape index (κ3) is 4.59. The number of amides is 3. The van der Waals surface area contributed by atoms with E-state index in [9.17, 15) is 14.4 Å². The van der Waals surface area contributed by atoms with Gasteiger partial charge in [-0.15, -0.1) is 0 Å². The molecule has 8 heteroatoms. The van der Waals surface area contributed by atoms with Crippen LogP contribution in [0.2, 0.25) is 0 Å². The van der Waals surface area contributed by atoms with Gasteiger partial charge >= 0.3 is 12.0 Å². The first-order valence-electron chi connectivity index (χ1n) is 6.56. The highest BCUT2D eigenvalue weighted by Crippen LogP contribution is 2.18. The predicted molar refractivity (Wildman–Crippen MR) is 76.8 cm³/mol. The molecule has 1 aliphatic rings. The zero-order valence-electron chi connectivity index (χ0n) is 11.8. The summed E-state index contributed by atoms with van der Waals surface area (Å²) in [5.41, 5.74) is 0. The lowest BCUT2D eigenvalue weighted by atomic mass is 10.3. The van der Waals surface area contributed by atoms with E-state index < -0.39 is 18.0 Å². The van der Waals surface area contributed by atoms with Crippen molar-refractivity contribution in [2.45, 2.75) is 19.4 Å². The van der Waals surface area contributed by atoms with Crippen molar-refractivity contribution in [3.63, 3.8) is 0 Å². The number of likely N-dealkylation sites (N-methyl/N-ethyl adjacent to an activating group) is 1. The second kappa shape index (κ2) is 7.98. The van der Waals surface area contributed by atoms with Crippen molar-refractivity contribution in [2.24, 2.45) is 0 Å². The van der Waals surface area contributed by atoms with Gasteiger partial charge in [0.2, 0.25) is 5.91 Å². The first-order valence-corrected chi connectivity index (χ1v) is 7.71. The third-order valence-corrected chi connectivity index (χ3v) is 3.96. The van der Waals surface area contributed by atoms with Crippen LogP contribution in [0.5, 0.6) is 0 Å².